The van der Waals surface area contributed by atoms with Gasteiger partial charge in [0.1, 0.15) is 91.5 Å². The standard InChI is InChI=1S/C19H23N3O4.C17H17N3O6.C17H15N3O6.C17H19N3O6.C9H13N3O5/c1-4-15-12(2)13(3)19(25,26-15)22-11-10-16(21-18(22)24)20-17(23)14-8-6-5-7-9-14;2*21-13-14-11(8-24-9-25-14)26-16(13)20-7-6-12(19-17(20)23)18-15(22)10-4-2-1-3-5-10;1-10-14(22)12(9-21)26-17(10,25)20-8-7-13(19-16(20)24)18-15(23)11-5-3-2-4-6-11;10-5-1-2-12(9(16)11-5)8-7(15)6(14)4(3-13)17-8/h5-13,15,25H,4H2,1-3H3,(H,20,21,23,24);1-7,11,13-14,16,21H,8-9H2,(H,18,19,22,23);1-7,11,14,16H,8-9H2,(H,18,19,22,23);2-8,10,12,14,21-22,25H,9H2,1H3,(H,18,19,23,24);1-2,4,6-8,13-15H,3H2,(H2,10,11,16)/t12?,13-,15+,19+;11-,13+,14?,16-;11-,14?,16-;10-,12+,14?,17+;4-,6?,7+,8-/m01101/s1. The van der Waals surface area contributed by atoms with Crippen LogP contribution in [0.3, 0.4) is 0 Å². The Morgan fingerprint density at radius 2 is 0.843 bits per heavy atom. The zero-order valence-corrected chi connectivity index (χ0v) is 65.0. The molecule has 19 atom stereocenters. The highest BCUT2D eigenvalue weighted by molar-refractivity contribution is 6.05. The number of benzene rings is 4. The lowest BCUT2D eigenvalue weighted by atomic mass is 9.90. The van der Waals surface area contributed by atoms with Crippen LogP contribution in [0.2, 0.25) is 0 Å². The first-order chi connectivity index (χ1) is 58.0. The number of Topliss-reactive ketones (excluding diaryl/α,β-unsaturated/α-hetero) is 1. The van der Waals surface area contributed by atoms with Gasteiger partial charge in [0.05, 0.1) is 44.6 Å². The molecule has 0 spiro atoms. The number of nitrogen functional groups attached to an aromatic ring is 1. The van der Waals surface area contributed by atoms with Crippen molar-refractivity contribution in [3.63, 3.8) is 0 Å². The Morgan fingerprint density at radius 3 is 1.24 bits per heavy atom. The Labute approximate surface area is 684 Å². The average molecular weight is 1680 g/mol. The highest BCUT2D eigenvalue weighted by Crippen LogP contribution is 2.43. The van der Waals surface area contributed by atoms with Gasteiger partial charge in [-0.2, -0.15) is 24.9 Å². The Morgan fingerprint density at radius 1 is 0.446 bits per heavy atom. The normalized spacial score (nSPS) is 28.0. The first kappa shape index (κ1) is 88.2. The first-order valence-electron chi connectivity index (χ1n) is 37.9. The second kappa shape index (κ2) is 39.0. The third kappa shape index (κ3) is 19.9. The molecule has 9 aromatic rings. The minimum Gasteiger partial charge on any atom is -0.394 e. The van der Waals surface area contributed by atoms with E-state index in [1.54, 1.807) is 115 Å². The molecule has 121 heavy (non-hydrogen) atoms. The van der Waals surface area contributed by atoms with Crippen molar-refractivity contribution in [2.75, 3.05) is 67.0 Å². The molecule has 7 aliphatic heterocycles. The highest BCUT2D eigenvalue weighted by atomic mass is 16.7. The molecule has 5 aromatic heterocycles. The van der Waals surface area contributed by atoms with Gasteiger partial charge in [-0.3, -0.25) is 37.7 Å². The van der Waals surface area contributed by atoms with Crippen LogP contribution in [0.5, 0.6) is 0 Å². The summed E-state index contributed by atoms with van der Waals surface area (Å²) in [6.07, 6.45) is -4.85. The van der Waals surface area contributed by atoms with Crippen LogP contribution in [-0.2, 0) is 59.2 Å². The van der Waals surface area contributed by atoms with E-state index >= 15 is 0 Å². The number of nitrogens with two attached hydrogens (primary N) is 1. The fourth-order valence-electron chi connectivity index (χ4n) is 13.8. The van der Waals surface area contributed by atoms with Crippen LogP contribution < -0.4 is 55.4 Å². The van der Waals surface area contributed by atoms with E-state index in [0.717, 1.165) is 24.7 Å². The van der Waals surface area contributed by atoms with Crippen LogP contribution in [0.25, 0.3) is 0 Å². The summed E-state index contributed by atoms with van der Waals surface area (Å²) in [5, 5.41) is 89.5. The molecule has 0 aliphatic carbocycles. The number of ketones is 1. The van der Waals surface area contributed by atoms with E-state index in [1.807, 2.05) is 26.8 Å². The molecule has 42 nitrogen and oxygen atoms in total. The van der Waals surface area contributed by atoms with E-state index in [9.17, 15) is 83.7 Å². The van der Waals surface area contributed by atoms with Crippen LogP contribution in [-0.4, -0.2) is 225 Å². The predicted octanol–water partition coefficient (Wildman–Crippen LogP) is -0.436. The van der Waals surface area contributed by atoms with Crippen molar-refractivity contribution < 1.29 is 107 Å². The lowest BCUT2D eigenvalue weighted by Crippen LogP contribution is -2.46. The van der Waals surface area contributed by atoms with E-state index in [2.05, 4.69) is 46.2 Å². The summed E-state index contributed by atoms with van der Waals surface area (Å²) in [5.41, 5.74) is 3.45. The van der Waals surface area contributed by atoms with Crippen molar-refractivity contribution in [1.82, 2.24) is 47.8 Å². The maximum atomic E-state index is 12.5. The van der Waals surface area contributed by atoms with E-state index in [4.69, 9.17) is 53.5 Å². The van der Waals surface area contributed by atoms with E-state index in [1.165, 1.54) is 72.8 Å². The lowest BCUT2D eigenvalue weighted by Gasteiger charge is -2.29. The van der Waals surface area contributed by atoms with Gasteiger partial charge >= 0.3 is 28.4 Å². The van der Waals surface area contributed by atoms with Crippen LogP contribution in [0, 0.1) is 17.8 Å². The number of carbonyl (C=O) groups is 5. The molecule has 7 aliphatic rings. The van der Waals surface area contributed by atoms with Gasteiger partial charge in [-0.25, -0.2) is 33.1 Å². The van der Waals surface area contributed by atoms with Gasteiger partial charge < -0.3 is 110 Å². The number of nitrogens with one attached hydrogen (secondary N) is 4. The fourth-order valence-corrected chi connectivity index (χ4v) is 13.8. The third-order valence-corrected chi connectivity index (χ3v) is 20.6. The summed E-state index contributed by atoms with van der Waals surface area (Å²) < 4.78 is 53.4. The Kier molecular flexibility index (Phi) is 28.4. The first-order valence-corrected chi connectivity index (χ1v) is 37.9. The Balaban J connectivity index is 0.000000139. The minimum atomic E-state index is -2.15. The monoisotopic (exact) mass is 1680 g/mol. The van der Waals surface area contributed by atoms with Crippen molar-refractivity contribution in [1.29, 1.82) is 0 Å². The van der Waals surface area contributed by atoms with Gasteiger partial charge in [0.25, 0.3) is 35.5 Å². The number of fused-ring (bicyclic) bond motifs is 2. The molecule has 14 N–H and O–H groups in total. The smallest absolute Gasteiger partial charge is 0.353 e. The van der Waals surface area contributed by atoms with E-state index in [-0.39, 0.29) is 97.3 Å². The summed E-state index contributed by atoms with van der Waals surface area (Å²) in [4.78, 5) is 141. The van der Waals surface area contributed by atoms with Crippen molar-refractivity contribution in [2.45, 2.75) is 132 Å². The molecule has 5 unspecified atom stereocenters. The number of carbonyl (C=O) groups excluding carboxylic acids is 5. The SMILES string of the molecule is CC[C@H]1O[C@@](O)(n2ccc(NC(=O)c3ccccc3)nc2=O)[C@@H](C)C1C.C[C@H]1C(O)[C@@H](CO)O[C@@]1(O)n1ccc(NC(=O)c2ccccc2)nc1=O.Nc1ccn([C@@H]2O[C@H](CO)C(O)[C@@H]2O)c(=O)n1.O=C(Nc1ccn([C@@H]2O[C@@H]3COCOC3C2=O)c(=O)n1)c1ccccc1.O=C(Nc1ccn([C@@H]2O[C@@H]3COCOC3[C@@H]2O)c(=O)n1)c1ccccc1. The number of aliphatic hydroxyl groups is 8. The molecule has 7 fully saturated rings. The lowest BCUT2D eigenvalue weighted by molar-refractivity contribution is -0.276. The largest absolute Gasteiger partial charge is 0.394 e. The van der Waals surface area contributed by atoms with Gasteiger partial charge in [0.15, 0.2) is 18.6 Å². The van der Waals surface area contributed by atoms with Crippen LogP contribution in [0.15, 0.2) is 207 Å². The minimum absolute atomic E-state index is 0.00797. The molecular formula is C79H87N15O27. The number of amides is 4. The Hall–Kier alpha value is -12.1. The van der Waals surface area contributed by atoms with Crippen LogP contribution >= 0.6 is 0 Å². The highest BCUT2D eigenvalue weighted by Gasteiger charge is 2.55. The van der Waals surface area contributed by atoms with E-state index in [0.29, 0.717) is 22.3 Å². The summed E-state index contributed by atoms with van der Waals surface area (Å²) in [6, 6.07) is 41.3. The van der Waals surface area contributed by atoms with Gasteiger partial charge in [-0.05, 0) is 91.2 Å². The van der Waals surface area contributed by atoms with Crippen molar-refractivity contribution in [3.05, 3.63) is 257 Å². The summed E-state index contributed by atoms with van der Waals surface area (Å²) >= 11 is 0. The Bertz CT molecular complexity index is 5300. The van der Waals surface area contributed by atoms with Gasteiger partial charge in [0.2, 0.25) is 12.0 Å². The second-order valence-electron chi connectivity index (χ2n) is 28.3. The number of hydrogen-bond acceptors (Lipinski definition) is 33. The van der Waals surface area contributed by atoms with E-state index < -0.39 is 145 Å². The fraction of sp³-hybridized carbons (Fsp3) is 0.380. The predicted molar refractivity (Wildman–Crippen MR) is 419 cm³/mol. The zero-order valence-electron chi connectivity index (χ0n) is 65.0. The zero-order chi connectivity index (χ0) is 86.6. The summed E-state index contributed by atoms with van der Waals surface area (Å²) in [7, 11) is 0. The van der Waals surface area contributed by atoms with Gasteiger partial charge in [0, 0.05) is 59.2 Å². The summed E-state index contributed by atoms with van der Waals surface area (Å²) in [6.45, 7) is 6.92. The number of ether oxygens (including phenoxy) is 9. The number of aliphatic hydroxyl groups excluding tert-OH is 6. The topological polar surface area (TPSA) is 579 Å². The molecule has 4 aromatic carbocycles. The quantitative estimate of drug-likeness (QED) is 0.0583. The molecule has 4 amide bonds. The maximum Gasteiger partial charge on any atom is 0.353 e. The number of nitrogens with zero attached hydrogens (tertiary/aromatic N) is 10. The molecule has 16 rings (SSSR count). The summed E-state index contributed by atoms with van der Waals surface area (Å²) in [5.74, 6) is -6.50. The molecule has 42 heteroatoms. The number of rotatable bonds is 16. The van der Waals surface area contributed by atoms with Crippen LogP contribution in [0.4, 0.5) is 29.1 Å². The number of anilines is 5. The number of hydrogen-bond donors (Lipinski definition) is 13. The molecule has 12 heterocycles. The number of aromatic nitrogens is 10. The molecule has 0 saturated carbocycles. The van der Waals surface area contributed by atoms with Crippen molar-refractivity contribution in [3.8, 4) is 0 Å². The average Bonchev–Trinajstić information content (AvgIpc) is 1.62. The molecule has 640 valence electrons. The third-order valence-electron chi connectivity index (χ3n) is 20.6. The molecule has 0 bridgehead atoms. The van der Waals surface area contributed by atoms with Crippen molar-refractivity contribution >= 4 is 58.5 Å². The second-order valence-corrected chi connectivity index (χ2v) is 28.3. The maximum absolute atomic E-state index is 12.5. The van der Waals surface area contributed by atoms with Gasteiger partial charge in [-0.1, -0.05) is 100 Å². The van der Waals surface area contributed by atoms with Gasteiger partial charge in [-0.15, -0.1) is 0 Å². The molecule has 0 radical (unpaired) electrons. The van der Waals surface area contributed by atoms with Crippen molar-refractivity contribution in [2.24, 2.45) is 17.8 Å². The van der Waals surface area contributed by atoms with Crippen LogP contribution in [0.1, 0.15) is 94.2 Å². The molecule has 7 saturated heterocycles. The molecular weight excluding hydrogens is 1590 g/mol.